The Labute approximate surface area is 144 Å². The molecule has 1 aliphatic rings. The van der Waals surface area contributed by atoms with Crippen LogP contribution in [0.4, 0.5) is 0 Å². The first-order valence-electron chi connectivity index (χ1n) is 10.1. The maximum absolute atomic E-state index is 9.50. The first kappa shape index (κ1) is 20.9. The van der Waals surface area contributed by atoms with Gasteiger partial charge in [-0.05, 0) is 31.7 Å². The molecule has 0 amide bonds. The molecule has 0 saturated heterocycles. The van der Waals surface area contributed by atoms with E-state index in [0.717, 1.165) is 24.7 Å². The zero-order chi connectivity index (χ0) is 17.0. The van der Waals surface area contributed by atoms with Gasteiger partial charge in [0.2, 0.25) is 0 Å². The molecule has 0 radical (unpaired) electrons. The lowest BCUT2D eigenvalue weighted by molar-refractivity contribution is 0.0814. The minimum absolute atomic E-state index is 0.0212. The van der Waals surface area contributed by atoms with Crippen molar-refractivity contribution in [2.24, 2.45) is 11.8 Å². The Morgan fingerprint density at radius 1 is 0.826 bits per heavy atom. The molecule has 0 aromatic rings. The number of hydrogen-bond donors (Lipinski definition) is 3. The summed E-state index contributed by atoms with van der Waals surface area (Å²) in [7, 11) is 1.84. The number of rotatable bonds is 13. The number of unbranched alkanes of at least 4 members (excludes halogenated alkanes) is 5. The molecule has 0 spiro atoms. The van der Waals surface area contributed by atoms with Gasteiger partial charge in [-0.25, -0.2) is 0 Å². The molecule has 138 valence electrons. The summed E-state index contributed by atoms with van der Waals surface area (Å²) in [5.41, 5.74) is -0.477. The SMILES string of the molecule is CCCCCCCCC1CCC(CCC(CO)(CO)NC)CC1. The maximum atomic E-state index is 9.50. The third-order valence-electron chi connectivity index (χ3n) is 6.10. The second kappa shape index (κ2) is 12.3. The largest absolute Gasteiger partial charge is 0.394 e. The van der Waals surface area contributed by atoms with Crippen LogP contribution in [0, 0.1) is 11.8 Å². The van der Waals surface area contributed by atoms with Crippen molar-refractivity contribution in [2.75, 3.05) is 20.3 Å². The average molecular weight is 328 g/mol. The fourth-order valence-corrected chi connectivity index (χ4v) is 3.99. The fraction of sp³-hybridized carbons (Fsp3) is 1.00. The molecule has 3 heteroatoms. The average Bonchev–Trinajstić information content (AvgIpc) is 2.61. The monoisotopic (exact) mass is 327 g/mol. The fourth-order valence-electron chi connectivity index (χ4n) is 3.99. The number of hydrogen-bond acceptors (Lipinski definition) is 3. The second-order valence-corrected chi connectivity index (χ2v) is 7.83. The summed E-state index contributed by atoms with van der Waals surface area (Å²) in [5.74, 6) is 1.75. The van der Waals surface area contributed by atoms with E-state index in [1.54, 1.807) is 0 Å². The number of aliphatic hydroxyl groups is 2. The first-order chi connectivity index (χ1) is 11.2. The summed E-state index contributed by atoms with van der Waals surface area (Å²) in [4.78, 5) is 0. The molecular weight excluding hydrogens is 286 g/mol. The van der Waals surface area contributed by atoms with Gasteiger partial charge in [0.25, 0.3) is 0 Å². The molecule has 0 bridgehead atoms. The molecule has 1 aliphatic carbocycles. The predicted molar refractivity (Wildman–Crippen MR) is 98.6 cm³/mol. The minimum atomic E-state index is -0.477. The zero-order valence-electron chi connectivity index (χ0n) is 15.7. The first-order valence-corrected chi connectivity index (χ1v) is 10.1. The number of aliphatic hydroxyl groups excluding tert-OH is 2. The van der Waals surface area contributed by atoms with E-state index in [0.29, 0.717) is 0 Å². The number of likely N-dealkylation sites (N-methyl/N-ethyl adjacent to an activating group) is 1. The van der Waals surface area contributed by atoms with Crippen molar-refractivity contribution in [1.29, 1.82) is 0 Å². The lowest BCUT2D eigenvalue weighted by atomic mass is 9.76. The minimum Gasteiger partial charge on any atom is -0.394 e. The Kier molecular flexibility index (Phi) is 11.2. The van der Waals surface area contributed by atoms with E-state index in [2.05, 4.69) is 12.2 Å². The van der Waals surface area contributed by atoms with Crippen LogP contribution < -0.4 is 5.32 Å². The molecule has 3 N–H and O–H groups in total. The smallest absolute Gasteiger partial charge is 0.0645 e. The van der Waals surface area contributed by atoms with Crippen molar-refractivity contribution in [3.05, 3.63) is 0 Å². The van der Waals surface area contributed by atoms with Gasteiger partial charge < -0.3 is 15.5 Å². The van der Waals surface area contributed by atoms with Gasteiger partial charge in [-0.3, -0.25) is 0 Å². The van der Waals surface area contributed by atoms with Crippen molar-refractivity contribution in [3.8, 4) is 0 Å². The van der Waals surface area contributed by atoms with E-state index in [1.807, 2.05) is 7.05 Å². The van der Waals surface area contributed by atoms with Gasteiger partial charge in [0.15, 0.2) is 0 Å². The van der Waals surface area contributed by atoms with Crippen LogP contribution in [0.5, 0.6) is 0 Å². The molecule has 0 aromatic heterocycles. The van der Waals surface area contributed by atoms with Crippen LogP contribution >= 0.6 is 0 Å². The Morgan fingerprint density at radius 3 is 1.87 bits per heavy atom. The molecule has 0 aliphatic heterocycles. The van der Waals surface area contributed by atoms with Crippen LogP contribution in [-0.2, 0) is 0 Å². The lowest BCUT2D eigenvalue weighted by Crippen LogP contribution is -2.50. The third-order valence-corrected chi connectivity index (χ3v) is 6.10. The Morgan fingerprint density at radius 2 is 1.35 bits per heavy atom. The summed E-state index contributed by atoms with van der Waals surface area (Å²) in [6, 6.07) is 0. The quantitative estimate of drug-likeness (QED) is 0.443. The van der Waals surface area contributed by atoms with Crippen LogP contribution in [0.15, 0.2) is 0 Å². The third kappa shape index (κ3) is 8.00. The van der Waals surface area contributed by atoms with Gasteiger partial charge in [0.1, 0.15) is 0 Å². The normalized spacial score (nSPS) is 22.4. The van der Waals surface area contributed by atoms with Gasteiger partial charge >= 0.3 is 0 Å². The van der Waals surface area contributed by atoms with Gasteiger partial charge in [-0.15, -0.1) is 0 Å². The van der Waals surface area contributed by atoms with E-state index in [9.17, 15) is 10.2 Å². The summed E-state index contributed by atoms with van der Waals surface area (Å²) < 4.78 is 0. The maximum Gasteiger partial charge on any atom is 0.0645 e. The zero-order valence-corrected chi connectivity index (χ0v) is 15.7. The van der Waals surface area contributed by atoms with Crippen LogP contribution in [-0.4, -0.2) is 36.0 Å². The topological polar surface area (TPSA) is 52.5 Å². The van der Waals surface area contributed by atoms with E-state index < -0.39 is 5.54 Å². The lowest BCUT2D eigenvalue weighted by Gasteiger charge is -2.33. The van der Waals surface area contributed by atoms with Crippen LogP contribution in [0.1, 0.15) is 90.4 Å². The summed E-state index contributed by atoms with van der Waals surface area (Å²) in [6.07, 6.45) is 17.4. The van der Waals surface area contributed by atoms with E-state index in [-0.39, 0.29) is 13.2 Å². The Hall–Kier alpha value is -0.120. The summed E-state index contributed by atoms with van der Waals surface area (Å²) in [6.45, 7) is 2.32. The molecule has 1 saturated carbocycles. The van der Waals surface area contributed by atoms with E-state index >= 15 is 0 Å². The standard InChI is InChI=1S/C20H41NO2/c1-3-4-5-6-7-8-9-18-10-12-19(13-11-18)14-15-20(16-22,17-23)21-2/h18-19,21-23H,3-17H2,1-2H3. The van der Waals surface area contributed by atoms with Crippen LogP contribution in [0.3, 0.4) is 0 Å². The highest BCUT2D eigenvalue weighted by Gasteiger charge is 2.29. The molecule has 0 heterocycles. The van der Waals surface area contributed by atoms with Crippen LogP contribution in [0.2, 0.25) is 0 Å². The molecular formula is C20H41NO2. The van der Waals surface area contributed by atoms with Crippen molar-refractivity contribution < 1.29 is 10.2 Å². The predicted octanol–water partition coefficient (Wildman–Crippen LogP) is 4.27. The molecule has 0 atom stereocenters. The number of nitrogens with one attached hydrogen (secondary N) is 1. The van der Waals surface area contributed by atoms with E-state index in [4.69, 9.17) is 0 Å². The molecule has 1 rings (SSSR count). The van der Waals surface area contributed by atoms with Crippen molar-refractivity contribution >= 4 is 0 Å². The highest BCUT2D eigenvalue weighted by Crippen LogP contribution is 2.35. The highest BCUT2D eigenvalue weighted by atomic mass is 16.3. The van der Waals surface area contributed by atoms with Gasteiger partial charge in [-0.2, -0.15) is 0 Å². The molecule has 0 unspecified atom stereocenters. The second-order valence-electron chi connectivity index (χ2n) is 7.83. The van der Waals surface area contributed by atoms with E-state index in [1.165, 1.54) is 70.6 Å². The van der Waals surface area contributed by atoms with Crippen molar-refractivity contribution in [1.82, 2.24) is 5.32 Å². The van der Waals surface area contributed by atoms with Gasteiger partial charge in [-0.1, -0.05) is 77.6 Å². The summed E-state index contributed by atoms with van der Waals surface area (Å²) >= 11 is 0. The Balaban J connectivity index is 2.11. The highest BCUT2D eigenvalue weighted by molar-refractivity contribution is 4.87. The molecule has 1 fully saturated rings. The Bertz CT molecular complexity index is 263. The molecule has 0 aromatic carbocycles. The van der Waals surface area contributed by atoms with Crippen molar-refractivity contribution in [3.63, 3.8) is 0 Å². The molecule has 3 nitrogen and oxygen atoms in total. The van der Waals surface area contributed by atoms with Gasteiger partial charge in [0, 0.05) is 0 Å². The van der Waals surface area contributed by atoms with Gasteiger partial charge in [0.05, 0.1) is 18.8 Å². The summed E-state index contributed by atoms with van der Waals surface area (Å²) in [5, 5.41) is 22.1. The van der Waals surface area contributed by atoms with Crippen LogP contribution in [0.25, 0.3) is 0 Å². The molecule has 23 heavy (non-hydrogen) atoms. The van der Waals surface area contributed by atoms with Crippen molar-refractivity contribution in [2.45, 2.75) is 95.9 Å².